The lowest BCUT2D eigenvalue weighted by Crippen LogP contribution is -2.41. The molecule has 1 aromatic heterocycles. The largest absolute Gasteiger partial charge is 0.390 e. The monoisotopic (exact) mass is 296 g/mol. The van der Waals surface area contributed by atoms with Crippen molar-refractivity contribution in [2.75, 3.05) is 13.1 Å². The lowest BCUT2D eigenvalue weighted by Gasteiger charge is -2.30. The highest BCUT2D eigenvalue weighted by atomic mass is 16.6. The summed E-state index contributed by atoms with van der Waals surface area (Å²) in [5.74, 6) is 0. The van der Waals surface area contributed by atoms with E-state index >= 15 is 0 Å². The number of hydrogen-bond donors (Lipinski definition) is 1. The summed E-state index contributed by atoms with van der Waals surface area (Å²) in [7, 11) is 0. The number of aliphatic hydroxyl groups is 1. The molecule has 1 aliphatic heterocycles. The molecular weight excluding hydrogens is 272 g/mol. The zero-order valence-corrected chi connectivity index (χ0v) is 12.5. The zero-order chi connectivity index (χ0) is 15.2. The minimum Gasteiger partial charge on any atom is -0.390 e. The fourth-order valence-corrected chi connectivity index (χ4v) is 3.03. The van der Waals surface area contributed by atoms with Crippen LogP contribution in [-0.4, -0.2) is 49.9 Å². The smallest absolute Gasteiger partial charge is 0.306 e. The van der Waals surface area contributed by atoms with Crippen LogP contribution in [0, 0.1) is 10.1 Å². The third kappa shape index (κ3) is 4.50. The van der Waals surface area contributed by atoms with Gasteiger partial charge >= 0.3 is 5.69 Å². The highest BCUT2D eigenvalue weighted by molar-refractivity contribution is 5.20. The Morgan fingerprint density at radius 3 is 2.95 bits per heavy atom. The van der Waals surface area contributed by atoms with E-state index in [-0.39, 0.29) is 5.69 Å². The summed E-state index contributed by atoms with van der Waals surface area (Å²) >= 11 is 0. The zero-order valence-electron chi connectivity index (χ0n) is 12.5. The molecule has 118 valence electrons. The third-order valence-electron chi connectivity index (χ3n) is 4.14. The van der Waals surface area contributed by atoms with E-state index in [1.54, 1.807) is 0 Å². The van der Waals surface area contributed by atoms with Crippen molar-refractivity contribution in [3.63, 3.8) is 0 Å². The third-order valence-corrected chi connectivity index (χ3v) is 4.14. The fraction of sp³-hybridized carbons (Fsp3) is 0.786. The highest BCUT2D eigenvalue weighted by Gasteiger charge is 2.22. The molecule has 0 bridgehead atoms. The van der Waals surface area contributed by atoms with Crippen molar-refractivity contribution in [2.45, 2.75) is 57.7 Å². The van der Waals surface area contributed by atoms with Crippen LogP contribution >= 0.6 is 0 Å². The molecule has 2 rings (SSSR count). The van der Waals surface area contributed by atoms with Crippen LogP contribution in [0.1, 0.15) is 39.0 Å². The van der Waals surface area contributed by atoms with Gasteiger partial charge < -0.3 is 5.11 Å². The van der Waals surface area contributed by atoms with E-state index in [9.17, 15) is 15.2 Å². The van der Waals surface area contributed by atoms with Crippen LogP contribution in [-0.2, 0) is 6.54 Å². The average molecular weight is 296 g/mol. The van der Waals surface area contributed by atoms with Gasteiger partial charge in [-0.25, -0.2) is 0 Å². The van der Waals surface area contributed by atoms with E-state index in [0.29, 0.717) is 19.1 Å². The second-order valence-corrected chi connectivity index (χ2v) is 5.74. The van der Waals surface area contributed by atoms with Gasteiger partial charge in [-0.15, -0.1) is 0 Å². The van der Waals surface area contributed by atoms with Gasteiger partial charge in [0.05, 0.1) is 17.6 Å². The fourth-order valence-electron chi connectivity index (χ4n) is 3.03. The predicted molar refractivity (Wildman–Crippen MR) is 79.0 cm³/mol. The molecule has 0 radical (unpaired) electrons. The van der Waals surface area contributed by atoms with E-state index in [0.717, 1.165) is 13.0 Å². The molecule has 21 heavy (non-hydrogen) atoms. The molecule has 0 aliphatic carbocycles. The van der Waals surface area contributed by atoms with Crippen LogP contribution in [0.15, 0.2) is 12.4 Å². The first-order valence-electron chi connectivity index (χ1n) is 7.69. The van der Waals surface area contributed by atoms with Gasteiger partial charge in [0, 0.05) is 12.6 Å². The number of nitrogens with zero attached hydrogens (tertiary/aromatic N) is 4. The summed E-state index contributed by atoms with van der Waals surface area (Å²) in [6, 6.07) is 0.536. The minimum absolute atomic E-state index is 0.0385. The number of rotatable bonds is 6. The van der Waals surface area contributed by atoms with E-state index in [1.807, 2.05) is 0 Å². The predicted octanol–water partition coefficient (Wildman–Crippen LogP) is 1.81. The van der Waals surface area contributed by atoms with Crippen molar-refractivity contribution in [3.05, 3.63) is 22.5 Å². The maximum absolute atomic E-state index is 10.6. The molecular formula is C14H24N4O3. The molecule has 0 unspecified atom stereocenters. The number of hydrogen-bond acceptors (Lipinski definition) is 5. The first kappa shape index (κ1) is 15.9. The number of β-amino-alcohol motifs (C(OH)–C–C–N with tert-alkyl or cyclic N) is 1. The van der Waals surface area contributed by atoms with Gasteiger partial charge in [0.2, 0.25) is 0 Å². The van der Waals surface area contributed by atoms with Crippen molar-refractivity contribution in [1.29, 1.82) is 0 Å². The lowest BCUT2D eigenvalue weighted by atomic mass is 10.1. The Balaban J connectivity index is 1.89. The van der Waals surface area contributed by atoms with Gasteiger partial charge in [0.15, 0.2) is 0 Å². The molecule has 7 nitrogen and oxygen atoms in total. The molecule has 1 aliphatic rings. The van der Waals surface area contributed by atoms with Gasteiger partial charge in [0.1, 0.15) is 12.4 Å². The number of likely N-dealkylation sites (tertiary alicyclic amines) is 1. The van der Waals surface area contributed by atoms with E-state index < -0.39 is 11.0 Å². The van der Waals surface area contributed by atoms with Crippen molar-refractivity contribution in [2.24, 2.45) is 0 Å². The van der Waals surface area contributed by atoms with Gasteiger partial charge in [0.25, 0.3) is 0 Å². The lowest BCUT2D eigenvalue weighted by molar-refractivity contribution is -0.385. The Morgan fingerprint density at radius 1 is 1.48 bits per heavy atom. The molecule has 1 saturated heterocycles. The first-order chi connectivity index (χ1) is 10.1. The van der Waals surface area contributed by atoms with E-state index in [2.05, 4.69) is 16.9 Å². The normalized spacial score (nSPS) is 21.9. The van der Waals surface area contributed by atoms with Crippen molar-refractivity contribution in [3.8, 4) is 0 Å². The Hall–Kier alpha value is -1.47. The maximum atomic E-state index is 10.6. The second kappa shape index (κ2) is 7.51. The standard InChI is InChI=1S/C14H24N4O3/c1-2-12-6-4-3-5-7-16(12)10-14(19)11-17-9-13(8-15-17)18(20)21/h8-9,12,14,19H,2-7,10-11H2,1H3/t12-,14+/m0/s1. The van der Waals surface area contributed by atoms with Gasteiger partial charge in [-0.2, -0.15) is 5.10 Å². The molecule has 1 N–H and O–H groups in total. The molecule has 0 amide bonds. The van der Waals surface area contributed by atoms with Crippen LogP contribution in [0.25, 0.3) is 0 Å². The van der Waals surface area contributed by atoms with Gasteiger partial charge in [-0.1, -0.05) is 19.8 Å². The Bertz CT molecular complexity index is 463. The summed E-state index contributed by atoms with van der Waals surface area (Å²) in [6.07, 6.45) is 8.01. The molecule has 1 aromatic rings. The molecule has 7 heteroatoms. The topological polar surface area (TPSA) is 84.4 Å². The Kier molecular flexibility index (Phi) is 5.69. The van der Waals surface area contributed by atoms with Crippen molar-refractivity contribution < 1.29 is 10.0 Å². The summed E-state index contributed by atoms with van der Waals surface area (Å²) in [5.41, 5.74) is -0.0385. The summed E-state index contributed by atoms with van der Waals surface area (Å²) < 4.78 is 1.45. The molecule has 0 aromatic carbocycles. The van der Waals surface area contributed by atoms with Gasteiger partial charge in [-0.3, -0.25) is 19.7 Å². The maximum Gasteiger partial charge on any atom is 0.306 e. The van der Waals surface area contributed by atoms with Crippen LogP contribution in [0.4, 0.5) is 5.69 Å². The quantitative estimate of drug-likeness (QED) is 0.639. The first-order valence-corrected chi connectivity index (χ1v) is 7.69. The van der Waals surface area contributed by atoms with Crippen LogP contribution in [0.2, 0.25) is 0 Å². The molecule has 0 spiro atoms. The Labute approximate surface area is 124 Å². The van der Waals surface area contributed by atoms with Crippen LogP contribution in [0.3, 0.4) is 0 Å². The number of aliphatic hydroxyl groups excluding tert-OH is 1. The van der Waals surface area contributed by atoms with Crippen LogP contribution < -0.4 is 0 Å². The Morgan fingerprint density at radius 2 is 2.29 bits per heavy atom. The number of aromatic nitrogens is 2. The summed E-state index contributed by atoms with van der Waals surface area (Å²) in [4.78, 5) is 12.5. The molecule has 2 heterocycles. The second-order valence-electron chi connectivity index (χ2n) is 5.74. The summed E-state index contributed by atoms with van der Waals surface area (Å²) in [6.45, 7) is 4.11. The van der Waals surface area contributed by atoms with Crippen LogP contribution in [0.5, 0.6) is 0 Å². The van der Waals surface area contributed by atoms with Crippen molar-refractivity contribution >= 4 is 5.69 Å². The van der Waals surface area contributed by atoms with E-state index in [1.165, 1.54) is 42.8 Å². The average Bonchev–Trinajstić information content (AvgIpc) is 2.79. The summed E-state index contributed by atoms with van der Waals surface area (Å²) in [5, 5.41) is 24.8. The highest BCUT2D eigenvalue weighted by Crippen LogP contribution is 2.19. The SMILES string of the molecule is CC[C@H]1CCCCCN1C[C@@H](O)Cn1cc([N+](=O)[O-])cn1. The van der Waals surface area contributed by atoms with E-state index in [4.69, 9.17) is 0 Å². The molecule has 2 atom stereocenters. The number of nitro groups is 1. The minimum atomic E-state index is -0.559. The van der Waals surface area contributed by atoms with Gasteiger partial charge in [-0.05, 0) is 25.8 Å². The molecule has 1 fully saturated rings. The molecule has 0 saturated carbocycles. The van der Waals surface area contributed by atoms with Crippen molar-refractivity contribution in [1.82, 2.24) is 14.7 Å².